The van der Waals surface area contributed by atoms with Crippen LogP contribution in [0.4, 0.5) is 0 Å². The predicted octanol–water partition coefficient (Wildman–Crippen LogP) is 5.46. The van der Waals surface area contributed by atoms with Crippen molar-refractivity contribution in [2.45, 2.75) is 72.1 Å². The summed E-state index contributed by atoms with van der Waals surface area (Å²) in [5.41, 5.74) is 5.01. The summed E-state index contributed by atoms with van der Waals surface area (Å²) in [5.74, 6) is 3.68. The van der Waals surface area contributed by atoms with E-state index in [0.717, 1.165) is 17.8 Å². The molecule has 0 saturated heterocycles. The van der Waals surface area contributed by atoms with Crippen LogP contribution < -0.4 is 0 Å². The van der Waals surface area contributed by atoms with Crippen LogP contribution in [-0.2, 0) is 4.79 Å². The van der Waals surface area contributed by atoms with E-state index in [1.807, 2.05) is 6.08 Å². The van der Waals surface area contributed by atoms with Gasteiger partial charge in [0.25, 0.3) is 0 Å². The average molecular weight is 298 g/mol. The van der Waals surface area contributed by atoms with Crippen LogP contribution >= 0.6 is 0 Å². The third kappa shape index (κ3) is 2.07. The van der Waals surface area contributed by atoms with Gasteiger partial charge in [-0.05, 0) is 81.6 Å². The molecule has 0 bridgehead atoms. The Labute approximate surface area is 135 Å². The summed E-state index contributed by atoms with van der Waals surface area (Å²) < 4.78 is 0. The van der Waals surface area contributed by atoms with Crippen molar-refractivity contribution in [3.63, 3.8) is 0 Å². The Morgan fingerprint density at radius 2 is 1.95 bits per heavy atom. The van der Waals surface area contributed by atoms with E-state index in [1.165, 1.54) is 61.7 Å². The molecule has 1 heteroatoms. The van der Waals surface area contributed by atoms with Gasteiger partial charge in [0.05, 0.1) is 0 Å². The zero-order valence-corrected chi connectivity index (χ0v) is 14.5. The maximum Gasteiger partial charge on any atom is 0.159 e. The Kier molecular flexibility index (Phi) is 3.40. The summed E-state index contributed by atoms with van der Waals surface area (Å²) in [6, 6.07) is 0. The molecule has 5 atom stereocenters. The van der Waals surface area contributed by atoms with E-state index < -0.39 is 0 Å². The molecule has 4 rings (SSSR count). The highest BCUT2D eigenvalue weighted by Crippen LogP contribution is 2.62. The van der Waals surface area contributed by atoms with E-state index in [-0.39, 0.29) is 0 Å². The second-order valence-electron chi connectivity index (χ2n) is 8.92. The number of fused-ring (bicyclic) bond motifs is 5. The fourth-order valence-corrected chi connectivity index (χ4v) is 6.59. The number of allylic oxidation sites excluding steroid dienone is 3. The number of carbonyl (C=O) groups excluding carboxylic acids is 1. The molecule has 4 aliphatic rings. The predicted molar refractivity (Wildman–Crippen MR) is 90.5 cm³/mol. The summed E-state index contributed by atoms with van der Waals surface area (Å²) in [6.07, 6.45) is 12.4. The lowest BCUT2D eigenvalue weighted by molar-refractivity contribution is -0.114. The molecule has 0 aromatic carbocycles. The Morgan fingerprint density at radius 3 is 2.73 bits per heavy atom. The molecule has 0 spiro atoms. The maximum absolute atomic E-state index is 12.1. The van der Waals surface area contributed by atoms with E-state index in [4.69, 9.17) is 0 Å². The number of carbonyl (C=O) groups is 1. The molecule has 0 aromatic rings. The monoisotopic (exact) mass is 298 g/mol. The highest BCUT2D eigenvalue weighted by Gasteiger charge is 2.53. The molecular weight excluding hydrogens is 268 g/mol. The first-order valence-corrected chi connectivity index (χ1v) is 9.39. The zero-order valence-electron chi connectivity index (χ0n) is 14.5. The number of ketones is 1. The van der Waals surface area contributed by atoms with E-state index in [0.29, 0.717) is 23.5 Å². The van der Waals surface area contributed by atoms with E-state index >= 15 is 0 Å². The molecule has 1 nitrogen and oxygen atoms in total. The van der Waals surface area contributed by atoms with Gasteiger partial charge >= 0.3 is 0 Å². The van der Waals surface area contributed by atoms with E-state index in [9.17, 15) is 4.79 Å². The molecule has 22 heavy (non-hydrogen) atoms. The lowest BCUT2D eigenvalue weighted by Crippen LogP contribution is -2.45. The summed E-state index contributed by atoms with van der Waals surface area (Å²) >= 11 is 0. The average Bonchev–Trinajstić information content (AvgIpc) is 2.87. The van der Waals surface area contributed by atoms with Crippen molar-refractivity contribution in [1.29, 1.82) is 0 Å². The lowest BCUT2D eigenvalue weighted by atomic mass is 9.51. The van der Waals surface area contributed by atoms with Crippen LogP contribution in [0, 0.1) is 29.1 Å². The minimum Gasteiger partial charge on any atom is -0.295 e. The largest absolute Gasteiger partial charge is 0.295 e. The molecule has 4 aliphatic carbocycles. The smallest absolute Gasteiger partial charge is 0.159 e. The second kappa shape index (κ2) is 5.08. The van der Waals surface area contributed by atoms with Crippen LogP contribution in [0.5, 0.6) is 0 Å². The van der Waals surface area contributed by atoms with Gasteiger partial charge in [-0.25, -0.2) is 0 Å². The van der Waals surface area contributed by atoms with Crippen molar-refractivity contribution in [1.82, 2.24) is 0 Å². The number of rotatable bonds is 0. The van der Waals surface area contributed by atoms with Gasteiger partial charge in [-0.1, -0.05) is 30.1 Å². The number of hydrogen-bond donors (Lipinski definition) is 0. The standard InChI is InChI=1S/C21H30O/c1-13(2)18-12-15(22)11-14-6-7-16-17(20(14)18)8-10-21(3)9-4-5-19(16)21/h11,16-17,19-20H,4-10,12H2,1-3H3/t16-,17+,19+,20+,21+/m1/s1. The lowest BCUT2D eigenvalue weighted by Gasteiger charge is -2.53. The molecule has 0 heterocycles. The third-order valence-electron chi connectivity index (χ3n) is 7.60. The third-order valence-corrected chi connectivity index (χ3v) is 7.60. The van der Waals surface area contributed by atoms with E-state index in [2.05, 4.69) is 20.8 Å². The fraction of sp³-hybridized carbons (Fsp3) is 0.762. The van der Waals surface area contributed by atoms with Crippen molar-refractivity contribution in [2.75, 3.05) is 0 Å². The molecule has 0 N–H and O–H groups in total. The Bertz CT molecular complexity index is 562. The van der Waals surface area contributed by atoms with Crippen LogP contribution in [0.25, 0.3) is 0 Å². The van der Waals surface area contributed by atoms with Crippen molar-refractivity contribution in [3.05, 3.63) is 22.8 Å². The Balaban J connectivity index is 1.72. The quantitative estimate of drug-likeness (QED) is 0.542. The number of hydrogen-bond acceptors (Lipinski definition) is 1. The summed E-state index contributed by atoms with van der Waals surface area (Å²) in [4.78, 5) is 12.1. The van der Waals surface area contributed by atoms with Gasteiger partial charge in [0.15, 0.2) is 5.78 Å². The van der Waals surface area contributed by atoms with Gasteiger partial charge in [-0.3, -0.25) is 4.79 Å². The summed E-state index contributed by atoms with van der Waals surface area (Å²) in [6.45, 7) is 7.01. The normalized spacial score (nSPS) is 44.0. The molecule has 3 saturated carbocycles. The first kappa shape index (κ1) is 14.7. The van der Waals surface area contributed by atoms with Gasteiger partial charge in [0.2, 0.25) is 0 Å². The minimum absolute atomic E-state index is 0.349. The second-order valence-corrected chi connectivity index (χ2v) is 8.92. The van der Waals surface area contributed by atoms with E-state index in [1.54, 1.807) is 0 Å². The van der Waals surface area contributed by atoms with Crippen LogP contribution in [0.3, 0.4) is 0 Å². The van der Waals surface area contributed by atoms with Crippen molar-refractivity contribution >= 4 is 5.78 Å². The van der Waals surface area contributed by atoms with Crippen LogP contribution in [0.1, 0.15) is 72.1 Å². The van der Waals surface area contributed by atoms with Crippen LogP contribution in [-0.4, -0.2) is 5.78 Å². The zero-order chi connectivity index (χ0) is 15.5. The van der Waals surface area contributed by atoms with Crippen molar-refractivity contribution in [3.8, 4) is 0 Å². The SMILES string of the molecule is CC(C)=C1CC(=O)C=C2CC[C@@H]3[C@H](CC[C@]4(C)CCC[C@@H]34)[C@H]21. The summed E-state index contributed by atoms with van der Waals surface area (Å²) in [5, 5.41) is 0. The topological polar surface area (TPSA) is 17.1 Å². The highest BCUT2D eigenvalue weighted by molar-refractivity contribution is 5.94. The first-order valence-electron chi connectivity index (χ1n) is 9.39. The summed E-state index contributed by atoms with van der Waals surface area (Å²) in [7, 11) is 0. The molecule has 0 aromatic heterocycles. The maximum atomic E-state index is 12.1. The molecule has 3 fully saturated rings. The molecule has 0 amide bonds. The van der Waals surface area contributed by atoms with Crippen molar-refractivity contribution in [2.24, 2.45) is 29.1 Å². The Morgan fingerprint density at radius 1 is 1.14 bits per heavy atom. The fourth-order valence-electron chi connectivity index (χ4n) is 6.59. The van der Waals surface area contributed by atoms with Gasteiger partial charge < -0.3 is 0 Å². The van der Waals surface area contributed by atoms with Crippen LogP contribution in [0.15, 0.2) is 22.8 Å². The van der Waals surface area contributed by atoms with Crippen molar-refractivity contribution < 1.29 is 4.79 Å². The van der Waals surface area contributed by atoms with Gasteiger partial charge in [-0.2, -0.15) is 0 Å². The van der Waals surface area contributed by atoms with Gasteiger partial charge in [-0.15, -0.1) is 0 Å². The molecular formula is C21H30O. The molecule has 120 valence electrons. The Hall–Kier alpha value is -0.850. The van der Waals surface area contributed by atoms with Gasteiger partial charge in [0.1, 0.15) is 0 Å². The molecule has 0 unspecified atom stereocenters. The van der Waals surface area contributed by atoms with Crippen LogP contribution in [0.2, 0.25) is 0 Å². The molecule has 0 radical (unpaired) electrons. The first-order chi connectivity index (χ1) is 10.5. The highest BCUT2D eigenvalue weighted by atomic mass is 16.1. The molecule has 0 aliphatic heterocycles. The minimum atomic E-state index is 0.349. The van der Waals surface area contributed by atoms with Gasteiger partial charge in [0, 0.05) is 12.3 Å².